The van der Waals surface area contributed by atoms with Crippen LogP contribution in [-0.2, 0) is 26.2 Å². The maximum Gasteiger partial charge on any atom is 0.251 e. The number of benzene rings is 1. The molecule has 1 saturated heterocycles. The molecule has 3 heterocycles. The lowest BCUT2D eigenvalue weighted by molar-refractivity contribution is 0.0950. The number of aryl methyl sites for hydroxylation is 1. The number of rotatable bonds is 5. The van der Waals surface area contributed by atoms with E-state index in [2.05, 4.69) is 10.3 Å². The van der Waals surface area contributed by atoms with Crippen LogP contribution < -0.4 is 5.32 Å². The molecule has 0 bridgehead atoms. The molecule has 0 unspecified atom stereocenters. The Balaban J connectivity index is 1.49. The number of hydrogen-bond acceptors (Lipinski definition) is 7. The van der Waals surface area contributed by atoms with Crippen LogP contribution in [0.25, 0.3) is 10.9 Å². The minimum atomic E-state index is -3.43. The predicted octanol–water partition coefficient (Wildman–Crippen LogP) is 2.56. The molecule has 0 atom stereocenters. The lowest BCUT2D eigenvalue weighted by Gasteiger charge is -2.21. The number of aromatic nitrogens is 2. The number of fused-ring (bicyclic) bond motifs is 1. The van der Waals surface area contributed by atoms with E-state index >= 15 is 0 Å². The summed E-state index contributed by atoms with van der Waals surface area (Å²) < 4.78 is 47.3. The standard InChI is InChI=1S/C23H25N3O5S2/c1-15-3-4-17(11-22(15)32(2,28)29)23(27)25-14-19-12-21-18(13-24-19)5-6-20(26-21)16-7-9-33(30,31)10-8-16/h3-6,11-13,16H,7-10,14H2,1-2H3,(H,25,27). The zero-order chi connectivity index (χ0) is 23.8. The van der Waals surface area contributed by atoms with Crippen molar-refractivity contribution in [3.8, 4) is 0 Å². The normalized spacial score (nSPS) is 16.5. The summed E-state index contributed by atoms with van der Waals surface area (Å²) >= 11 is 0. The average Bonchev–Trinajstić information content (AvgIpc) is 2.76. The highest BCUT2D eigenvalue weighted by atomic mass is 32.2. The van der Waals surface area contributed by atoms with Crippen LogP contribution in [-0.4, -0.2) is 50.5 Å². The summed E-state index contributed by atoms with van der Waals surface area (Å²) in [7, 11) is -6.37. The van der Waals surface area contributed by atoms with Gasteiger partial charge in [-0.05, 0) is 55.7 Å². The van der Waals surface area contributed by atoms with Crippen LogP contribution in [0.4, 0.5) is 0 Å². The summed E-state index contributed by atoms with van der Waals surface area (Å²) in [6.45, 7) is 1.84. The largest absolute Gasteiger partial charge is 0.346 e. The molecule has 1 fully saturated rings. The molecule has 10 heteroatoms. The van der Waals surface area contributed by atoms with E-state index in [9.17, 15) is 21.6 Å². The fourth-order valence-corrected chi connectivity index (χ4v) is 6.48. The van der Waals surface area contributed by atoms with Gasteiger partial charge in [-0.2, -0.15) is 0 Å². The number of carbonyl (C=O) groups is 1. The van der Waals surface area contributed by atoms with Crippen LogP contribution in [0, 0.1) is 6.92 Å². The Morgan fingerprint density at radius 1 is 1.12 bits per heavy atom. The zero-order valence-corrected chi connectivity index (χ0v) is 20.0. The first-order valence-electron chi connectivity index (χ1n) is 10.6. The monoisotopic (exact) mass is 487 g/mol. The summed E-state index contributed by atoms with van der Waals surface area (Å²) in [5.41, 5.74) is 3.06. The third kappa shape index (κ3) is 5.39. The van der Waals surface area contributed by atoms with E-state index in [0.29, 0.717) is 24.1 Å². The highest BCUT2D eigenvalue weighted by Crippen LogP contribution is 2.29. The van der Waals surface area contributed by atoms with E-state index in [1.807, 2.05) is 12.1 Å². The van der Waals surface area contributed by atoms with Gasteiger partial charge in [0.15, 0.2) is 9.84 Å². The van der Waals surface area contributed by atoms with Gasteiger partial charge >= 0.3 is 0 Å². The van der Waals surface area contributed by atoms with Crippen molar-refractivity contribution in [2.75, 3.05) is 17.8 Å². The molecule has 33 heavy (non-hydrogen) atoms. The molecule has 1 aliphatic rings. The second kappa shape index (κ2) is 8.83. The van der Waals surface area contributed by atoms with Crippen molar-refractivity contribution in [1.82, 2.24) is 15.3 Å². The summed E-state index contributed by atoms with van der Waals surface area (Å²) in [6, 6.07) is 10.2. The third-order valence-electron chi connectivity index (χ3n) is 5.90. The third-order valence-corrected chi connectivity index (χ3v) is 8.86. The van der Waals surface area contributed by atoms with Crippen LogP contribution >= 0.6 is 0 Å². The SMILES string of the molecule is Cc1ccc(C(=O)NCc2cc3nc(C4CCS(=O)(=O)CC4)ccc3cn2)cc1S(C)(=O)=O. The molecule has 1 aromatic carbocycles. The van der Waals surface area contributed by atoms with Crippen molar-refractivity contribution in [1.29, 1.82) is 0 Å². The minimum absolute atomic E-state index is 0.111. The fourth-order valence-electron chi connectivity index (χ4n) is 4.00. The van der Waals surface area contributed by atoms with Gasteiger partial charge < -0.3 is 5.32 Å². The number of hydrogen-bond donors (Lipinski definition) is 1. The van der Waals surface area contributed by atoms with Crippen molar-refractivity contribution in [3.05, 3.63) is 65.1 Å². The van der Waals surface area contributed by atoms with Gasteiger partial charge in [-0.3, -0.25) is 14.8 Å². The first-order valence-corrected chi connectivity index (χ1v) is 14.3. The van der Waals surface area contributed by atoms with Gasteiger partial charge in [-0.25, -0.2) is 16.8 Å². The molecule has 1 N–H and O–H groups in total. The quantitative estimate of drug-likeness (QED) is 0.587. The van der Waals surface area contributed by atoms with Crippen molar-refractivity contribution in [3.63, 3.8) is 0 Å². The molecule has 2 aromatic heterocycles. The molecule has 0 radical (unpaired) electrons. The van der Waals surface area contributed by atoms with Gasteiger partial charge in [-0.1, -0.05) is 6.07 Å². The fraction of sp³-hybridized carbons (Fsp3) is 0.348. The molecule has 1 aliphatic heterocycles. The molecular formula is C23H25N3O5S2. The summed E-state index contributed by atoms with van der Waals surface area (Å²) in [5, 5.41) is 3.63. The molecule has 0 saturated carbocycles. The van der Waals surface area contributed by atoms with Crippen LogP contribution in [0.3, 0.4) is 0 Å². The number of nitrogens with one attached hydrogen (secondary N) is 1. The molecular weight excluding hydrogens is 462 g/mol. The van der Waals surface area contributed by atoms with Crippen molar-refractivity contribution >= 4 is 36.5 Å². The Morgan fingerprint density at radius 3 is 2.55 bits per heavy atom. The molecule has 4 rings (SSSR count). The average molecular weight is 488 g/mol. The smallest absolute Gasteiger partial charge is 0.251 e. The Kier molecular flexibility index (Phi) is 6.24. The molecule has 0 spiro atoms. The van der Waals surface area contributed by atoms with Crippen LogP contribution in [0.15, 0.2) is 47.5 Å². The van der Waals surface area contributed by atoms with E-state index in [1.54, 1.807) is 31.3 Å². The first-order chi connectivity index (χ1) is 15.5. The van der Waals surface area contributed by atoms with Crippen LogP contribution in [0.2, 0.25) is 0 Å². The first kappa shape index (κ1) is 23.3. The molecule has 8 nitrogen and oxygen atoms in total. The van der Waals surface area contributed by atoms with Crippen LogP contribution in [0.1, 0.15) is 46.1 Å². The Hall–Kier alpha value is -2.85. The van der Waals surface area contributed by atoms with Crippen molar-refractivity contribution in [2.24, 2.45) is 0 Å². The number of carbonyl (C=O) groups excluding carboxylic acids is 1. The molecule has 174 valence electrons. The van der Waals surface area contributed by atoms with Gasteiger partial charge in [0, 0.05) is 35.0 Å². The van der Waals surface area contributed by atoms with E-state index in [4.69, 9.17) is 4.98 Å². The van der Waals surface area contributed by atoms with Crippen LogP contribution in [0.5, 0.6) is 0 Å². The topological polar surface area (TPSA) is 123 Å². The number of amides is 1. The number of sulfone groups is 2. The molecule has 1 amide bonds. The van der Waals surface area contributed by atoms with E-state index in [0.717, 1.165) is 22.9 Å². The van der Waals surface area contributed by atoms with Crippen molar-refractivity contribution < 1.29 is 21.6 Å². The second-order valence-corrected chi connectivity index (χ2v) is 12.8. The minimum Gasteiger partial charge on any atom is -0.346 e. The number of nitrogens with zero attached hydrogens (tertiary/aromatic N) is 2. The van der Waals surface area contributed by atoms with Gasteiger partial charge in [0.05, 0.1) is 34.2 Å². The lowest BCUT2D eigenvalue weighted by atomic mass is 9.98. The summed E-state index contributed by atoms with van der Waals surface area (Å²) in [5.74, 6) is 0.0857. The maximum atomic E-state index is 12.6. The number of pyridine rings is 2. The van der Waals surface area contributed by atoms with E-state index in [-0.39, 0.29) is 34.4 Å². The zero-order valence-electron chi connectivity index (χ0n) is 18.4. The lowest BCUT2D eigenvalue weighted by Crippen LogP contribution is -2.23. The molecule has 3 aromatic rings. The summed E-state index contributed by atoms with van der Waals surface area (Å²) in [4.78, 5) is 21.8. The summed E-state index contributed by atoms with van der Waals surface area (Å²) in [6.07, 6.45) is 3.94. The van der Waals surface area contributed by atoms with Gasteiger partial charge in [-0.15, -0.1) is 0 Å². The Bertz CT molecular complexity index is 1440. The predicted molar refractivity (Wildman–Crippen MR) is 126 cm³/mol. The van der Waals surface area contributed by atoms with Gasteiger partial charge in [0.2, 0.25) is 0 Å². The Morgan fingerprint density at radius 2 is 1.85 bits per heavy atom. The van der Waals surface area contributed by atoms with Crippen molar-refractivity contribution in [2.45, 2.75) is 37.1 Å². The van der Waals surface area contributed by atoms with E-state index < -0.39 is 25.6 Å². The highest BCUT2D eigenvalue weighted by molar-refractivity contribution is 7.91. The Labute approximate surface area is 193 Å². The second-order valence-electron chi connectivity index (χ2n) is 8.47. The molecule has 0 aliphatic carbocycles. The van der Waals surface area contributed by atoms with Gasteiger partial charge in [0.1, 0.15) is 9.84 Å². The highest BCUT2D eigenvalue weighted by Gasteiger charge is 2.25. The van der Waals surface area contributed by atoms with Gasteiger partial charge in [0.25, 0.3) is 5.91 Å². The van der Waals surface area contributed by atoms with E-state index in [1.165, 1.54) is 6.07 Å². The maximum absolute atomic E-state index is 12.6.